The monoisotopic (exact) mass is 481 g/mol. The Morgan fingerprint density at radius 2 is 1.86 bits per heavy atom. The number of rotatable bonds is 5. The fourth-order valence-corrected chi connectivity index (χ4v) is 4.91. The van der Waals surface area contributed by atoms with Crippen LogP contribution in [0.25, 0.3) is 11.3 Å². The highest BCUT2D eigenvalue weighted by Gasteiger charge is 2.26. The van der Waals surface area contributed by atoms with Gasteiger partial charge in [0.1, 0.15) is 5.82 Å². The first-order chi connectivity index (χ1) is 17.7. The number of amides is 1. The normalized spacial score (nSPS) is 17.2. The van der Waals surface area contributed by atoms with Gasteiger partial charge < -0.3 is 15.1 Å². The zero-order chi connectivity index (χ0) is 24.5. The Balaban J connectivity index is 1.08. The predicted molar refractivity (Wildman–Crippen MR) is 137 cm³/mol. The second-order valence-electron chi connectivity index (χ2n) is 9.17. The average molecular weight is 482 g/mol. The fraction of sp³-hybridized carbons (Fsp3) is 0.308. The largest absolute Gasteiger partial charge is 0.353 e. The quantitative estimate of drug-likeness (QED) is 0.464. The van der Waals surface area contributed by atoms with E-state index in [1.54, 1.807) is 24.7 Å². The summed E-state index contributed by atoms with van der Waals surface area (Å²) >= 11 is 0. The number of carbonyl (C=O) groups is 1. The maximum absolute atomic E-state index is 12.8. The number of hydrogen-bond donors (Lipinski definition) is 1. The molecule has 4 aromatic heterocycles. The topological polar surface area (TPSA) is 105 Å². The molecule has 1 amide bonds. The van der Waals surface area contributed by atoms with E-state index < -0.39 is 0 Å². The third-order valence-electron chi connectivity index (χ3n) is 6.79. The molecular formula is C26H27N9O. The zero-order valence-corrected chi connectivity index (χ0v) is 20.1. The van der Waals surface area contributed by atoms with Gasteiger partial charge in [0.25, 0.3) is 5.91 Å². The molecule has 2 aliphatic rings. The highest BCUT2D eigenvalue weighted by molar-refractivity contribution is 6.04. The molecule has 0 bridgehead atoms. The molecule has 1 fully saturated rings. The van der Waals surface area contributed by atoms with E-state index in [4.69, 9.17) is 0 Å². The first kappa shape index (κ1) is 22.1. The van der Waals surface area contributed by atoms with Crippen molar-refractivity contribution in [2.45, 2.75) is 32.4 Å². The molecule has 10 heteroatoms. The standard InChI is InChI=1S/C26H27N9O/c1-18-17-33(24-6-2-3-9-27-24)11-12-34(18)26-29-14-20(15-30-26)32-25(36)19-7-8-22(28-13-19)21-16-31-35-10-4-5-23(21)35/h2-3,6-9,13-16,18H,4-5,10-12,17H2,1H3,(H,32,36)/t18-/m0/s1. The number of fused-ring (bicyclic) bond motifs is 1. The van der Waals surface area contributed by atoms with E-state index in [-0.39, 0.29) is 11.9 Å². The van der Waals surface area contributed by atoms with Gasteiger partial charge in [0.05, 0.1) is 35.5 Å². The summed E-state index contributed by atoms with van der Waals surface area (Å²) in [6.45, 7) is 5.58. The smallest absolute Gasteiger partial charge is 0.257 e. The maximum Gasteiger partial charge on any atom is 0.257 e. The molecule has 0 spiro atoms. The lowest BCUT2D eigenvalue weighted by Gasteiger charge is -2.40. The molecule has 6 rings (SSSR count). The van der Waals surface area contributed by atoms with Gasteiger partial charge in [-0.25, -0.2) is 15.0 Å². The first-order valence-corrected chi connectivity index (χ1v) is 12.2. The number of anilines is 3. The minimum atomic E-state index is -0.247. The van der Waals surface area contributed by atoms with Crippen molar-refractivity contribution in [2.75, 3.05) is 34.8 Å². The summed E-state index contributed by atoms with van der Waals surface area (Å²) in [7, 11) is 0. The van der Waals surface area contributed by atoms with Crippen LogP contribution in [0.5, 0.6) is 0 Å². The van der Waals surface area contributed by atoms with Gasteiger partial charge in [-0.1, -0.05) is 6.07 Å². The van der Waals surface area contributed by atoms with Gasteiger partial charge in [-0.2, -0.15) is 5.10 Å². The molecule has 182 valence electrons. The first-order valence-electron chi connectivity index (χ1n) is 12.2. The van der Waals surface area contributed by atoms with Gasteiger partial charge >= 0.3 is 0 Å². The maximum atomic E-state index is 12.8. The number of pyridine rings is 2. The van der Waals surface area contributed by atoms with Gasteiger partial charge in [-0.3, -0.25) is 14.5 Å². The molecule has 6 heterocycles. The number of carbonyl (C=O) groups excluding carboxylic acids is 1. The summed E-state index contributed by atoms with van der Waals surface area (Å²) in [5, 5.41) is 7.29. The molecule has 1 saturated heterocycles. The Bertz CT molecular complexity index is 1350. The molecule has 0 aromatic carbocycles. The Kier molecular flexibility index (Phi) is 5.76. The third kappa shape index (κ3) is 4.26. The number of nitrogens with one attached hydrogen (secondary N) is 1. The predicted octanol–water partition coefficient (Wildman–Crippen LogP) is 3.04. The van der Waals surface area contributed by atoms with Crippen molar-refractivity contribution in [3.63, 3.8) is 0 Å². The van der Waals surface area contributed by atoms with E-state index in [1.807, 2.05) is 41.3 Å². The van der Waals surface area contributed by atoms with Crippen molar-refractivity contribution in [1.82, 2.24) is 29.7 Å². The Morgan fingerprint density at radius 3 is 2.61 bits per heavy atom. The van der Waals surface area contributed by atoms with Gasteiger partial charge in [-0.15, -0.1) is 0 Å². The summed E-state index contributed by atoms with van der Waals surface area (Å²) in [5.41, 5.74) is 4.11. The van der Waals surface area contributed by atoms with Crippen LogP contribution < -0.4 is 15.1 Å². The van der Waals surface area contributed by atoms with Crippen LogP contribution in [-0.2, 0) is 13.0 Å². The number of aryl methyl sites for hydroxylation is 1. The van der Waals surface area contributed by atoms with Crippen LogP contribution in [0.1, 0.15) is 29.4 Å². The van der Waals surface area contributed by atoms with Gasteiger partial charge in [0.2, 0.25) is 5.95 Å². The minimum absolute atomic E-state index is 0.225. The lowest BCUT2D eigenvalue weighted by atomic mass is 10.1. The molecule has 10 nitrogen and oxygen atoms in total. The van der Waals surface area contributed by atoms with E-state index >= 15 is 0 Å². The van der Waals surface area contributed by atoms with E-state index in [9.17, 15) is 4.79 Å². The van der Waals surface area contributed by atoms with E-state index in [0.717, 1.165) is 56.1 Å². The molecule has 1 N–H and O–H groups in total. The molecule has 0 aliphatic carbocycles. The molecule has 0 radical (unpaired) electrons. The Hall–Kier alpha value is -4.34. The lowest BCUT2D eigenvalue weighted by Crippen LogP contribution is -2.53. The second kappa shape index (κ2) is 9.37. The van der Waals surface area contributed by atoms with Crippen LogP contribution in [0.2, 0.25) is 0 Å². The molecular weight excluding hydrogens is 454 g/mol. The molecule has 1 atom stereocenters. The number of nitrogens with zero attached hydrogens (tertiary/aromatic N) is 8. The van der Waals surface area contributed by atoms with Crippen LogP contribution in [0.15, 0.2) is 61.3 Å². The highest BCUT2D eigenvalue weighted by atomic mass is 16.1. The fourth-order valence-electron chi connectivity index (χ4n) is 4.91. The summed E-state index contributed by atoms with van der Waals surface area (Å²) in [6, 6.07) is 9.85. The van der Waals surface area contributed by atoms with Crippen molar-refractivity contribution in [2.24, 2.45) is 0 Å². The highest BCUT2D eigenvalue weighted by Crippen LogP contribution is 2.27. The Labute approximate surface area is 209 Å². The van der Waals surface area contributed by atoms with Crippen LogP contribution in [0.3, 0.4) is 0 Å². The summed E-state index contributed by atoms with van der Waals surface area (Å²) in [6.07, 6.45) is 10.7. The summed E-state index contributed by atoms with van der Waals surface area (Å²) in [4.78, 5) is 35.2. The average Bonchev–Trinajstić information content (AvgIpc) is 3.54. The van der Waals surface area contributed by atoms with Crippen LogP contribution in [-0.4, -0.2) is 61.3 Å². The SMILES string of the molecule is C[C@H]1CN(c2ccccn2)CCN1c1ncc(NC(=O)c2ccc(-c3cnn4c3CCC4)nc2)cn1. The van der Waals surface area contributed by atoms with Gasteiger partial charge in [0.15, 0.2) is 0 Å². The molecule has 0 saturated carbocycles. The van der Waals surface area contributed by atoms with Gasteiger partial charge in [0, 0.05) is 55.9 Å². The minimum Gasteiger partial charge on any atom is -0.353 e. The second-order valence-corrected chi connectivity index (χ2v) is 9.17. The van der Waals surface area contributed by atoms with Crippen molar-refractivity contribution in [1.29, 1.82) is 0 Å². The lowest BCUT2D eigenvalue weighted by molar-refractivity contribution is 0.102. The van der Waals surface area contributed by atoms with E-state index in [1.165, 1.54) is 5.69 Å². The van der Waals surface area contributed by atoms with E-state index in [0.29, 0.717) is 17.2 Å². The van der Waals surface area contributed by atoms with Crippen LogP contribution >= 0.6 is 0 Å². The van der Waals surface area contributed by atoms with Crippen molar-refractivity contribution >= 4 is 23.4 Å². The van der Waals surface area contributed by atoms with Crippen molar-refractivity contribution < 1.29 is 4.79 Å². The number of aromatic nitrogens is 6. The van der Waals surface area contributed by atoms with Gasteiger partial charge in [-0.05, 0) is 44.0 Å². The van der Waals surface area contributed by atoms with Crippen molar-refractivity contribution in [3.05, 3.63) is 72.6 Å². The molecule has 36 heavy (non-hydrogen) atoms. The summed E-state index contributed by atoms with van der Waals surface area (Å²) < 4.78 is 2.03. The van der Waals surface area contributed by atoms with Crippen LogP contribution in [0, 0.1) is 0 Å². The molecule has 4 aromatic rings. The molecule has 0 unspecified atom stereocenters. The van der Waals surface area contributed by atoms with E-state index in [2.05, 4.69) is 47.1 Å². The van der Waals surface area contributed by atoms with Crippen LogP contribution in [0.4, 0.5) is 17.5 Å². The zero-order valence-electron chi connectivity index (χ0n) is 20.1. The Morgan fingerprint density at radius 1 is 0.972 bits per heavy atom. The molecule has 2 aliphatic heterocycles. The van der Waals surface area contributed by atoms with Crippen molar-refractivity contribution in [3.8, 4) is 11.3 Å². The summed E-state index contributed by atoms with van der Waals surface area (Å²) in [5.74, 6) is 1.39. The number of piperazine rings is 1. The third-order valence-corrected chi connectivity index (χ3v) is 6.79. The number of hydrogen-bond acceptors (Lipinski definition) is 8.